The van der Waals surface area contributed by atoms with Crippen molar-refractivity contribution in [2.75, 3.05) is 6.54 Å². The summed E-state index contributed by atoms with van der Waals surface area (Å²) in [6, 6.07) is 4.16. The second-order valence-electron chi connectivity index (χ2n) is 6.17. The minimum atomic E-state index is -0.170. The van der Waals surface area contributed by atoms with Crippen molar-refractivity contribution in [3.05, 3.63) is 30.5 Å². The predicted octanol–water partition coefficient (Wildman–Crippen LogP) is 3.19. The van der Waals surface area contributed by atoms with Gasteiger partial charge in [0, 0.05) is 12.6 Å². The summed E-state index contributed by atoms with van der Waals surface area (Å²) in [5, 5.41) is 8.73. The Bertz CT molecular complexity index is 655. The molecule has 2 atom stereocenters. The molecule has 1 aliphatic heterocycles. The maximum atomic E-state index is 12.9. The average molecular weight is 348 g/mol. The van der Waals surface area contributed by atoms with Gasteiger partial charge in [0.25, 0.3) is 0 Å². The highest BCUT2D eigenvalue weighted by Crippen LogP contribution is 2.27. The van der Waals surface area contributed by atoms with Crippen LogP contribution in [0.2, 0.25) is 0 Å². The lowest BCUT2D eigenvalue weighted by Crippen LogP contribution is -2.46. The molecular formula is C17H24N4O2S. The first-order chi connectivity index (χ1) is 11.7. The Balaban J connectivity index is 1.65. The lowest BCUT2D eigenvalue weighted by atomic mass is 10.00. The second-order valence-corrected chi connectivity index (χ2v) is 7.48. The highest BCUT2D eigenvalue weighted by Gasteiger charge is 2.29. The molecule has 0 aliphatic carbocycles. The van der Waals surface area contributed by atoms with Crippen LogP contribution in [0.1, 0.15) is 45.3 Å². The molecule has 1 saturated heterocycles. The lowest BCUT2D eigenvalue weighted by molar-refractivity contribution is -0.134. The maximum absolute atomic E-state index is 12.9. The van der Waals surface area contributed by atoms with Crippen LogP contribution in [0.3, 0.4) is 0 Å². The number of furan rings is 1. The molecule has 2 aromatic heterocycles. The van der Waals surface area contributed by atoms with E-state index >= 15 is 0 Å². The molecule has 3 rings (SSSR count). The van der Waals surface area contributed by atoms with Gasteiger partial charge in [0.2, 0.25) is 5.91 Å². The van der Waals surface area contributed by atoms with Crippen molar-refractivity contribution in [1.82, 2.24) is 19.7 Å². The minimum Gasteiger partial charge on any atom is -0.467 e. The topological polar surface area (TPSA) is 64.2 Å². The number of likely N-dealkylation sites (tertiary alicyclic amines) is 1. The van der Waals surface area contributed by atoms with Crippen molar-refractivity contribution in [2.24, 2.45) is 0 Å². The largest absolute Gasteiger partial charge is 0.467 e. The van der Waals surface area contributed by atoms with Crippen molar-refractivity contribution in [3.63, 3.8) is 0 Å². The fourth-order valence-corrected chi connectivity index (χ4v) is 4.07. The number of hydrogen-bond acceptors (Lipinski definition) is 5. The van der Waals surface area contributed by atoms with Crippen LogP contribution < -0.4 is 0 Å². The molecule has 130 valence electrons. The quantitative estimate of drug-likeness (QED) is 0.750. The number of thioether (sulfide) groups is 1. The fourth-order valence-electron chi connectivity index (χ4n) is 3.17. The molecule has 7 heteroatoms. The molecule has 1 aliphatic rings. The van der Waals surface area contributed by atoms with Gasteiger partial charge in [-0.1, -0.05) is 18.7 Å². The van der Waals surface area contributed by atoms with Crippen LogP contribution in [0.25, 0.3) is 0 Å². The van der Waals surface area contributed by atoms with Crippen LogP contribution in [-0.4, -0.2) is 43.4 Å². The molecule has 6 nitrogen and oxygen atoms in total. The van der Waals surface area contributed by atoms with Gasteiger partial charge in [0.1, 0.15) is 12.1 Å². The van der Waals surface area contributed by atoms with Crippen molar-refractivity contribution >= 4 is 17.7 Å². The summed E-state index contributed by atoms with van der Waals surface area (Å²) in [7, 11) is 0. The van der Waals surface area contributed by atoms with Crippen molar-refractivity contribution in [2.45, 2.75) is 62.5 Å². The Morgan fingerprint density at radius 3 is 3.12 bits per heavy atom. The van der Waals surface area contributed by atoms with E-state index in [1.807, 2.05) is 23.6 Å². The number of amides is 1. The molecule has 2 aromatic rings. The summed E-state index contributed by atoms with van der Waals surface area (Å²) >= 11 is 1.47. The number of piperidine rings is 1. The van der Waals surface area contributed by atoms with Gasteiger partial charge < -0.3 is 13.9 Å². The zero-order valence-corrected chi connectivity index (χ0v) is 15.0. The third-order valence-corrected chi connectivity index (χ3v) is 5.58. The van der Waals surface area contributed by atoms with Crippen LogP contribution in [0.15, 0.2) is 34.3 Å². The Morgan fingerprint density at radius 1 is 1.50 bits per heavy atom. The number of nitrogens with zero attached hydrogens (tertiary/aromatic N) is 4. The first kappa shape index (κ1) is 17.1. The van der Waals surface area contributed by atoms with Crippen LogP contribution in [0, 0.1) is 0 Å². The average Bonchev–Trinajstić information content (AvgIpc) is 3.27. The van der Waals surface area contributed by atoms with E-state index in [4.69, 9.17) is 4.42 Å². The smallest absolute Gasteiger partial charge is 0.236 e. The Hall–Kier alpha value is -1.76. The molecule has 3 heterocycles. The van der Waals surface area contributed by atoms with Crippen molar-refractivity contribution in [3.8, 4) is 0 Å². The van der Waals surface area contributed by atoms with E-state index in [9.17, 15) is 4.79 Å². The molecule has 1 fully saturated rings. The summed E-state index contributed by atoms with van der Waals surface area (Å²) in [6.45, 7) is 5.57. The zero-order valence-electron chi connectivity index (χ0n) is 14.2. The van der Waals surface area contributed by atoms with E-state index in [2.05, 4.69) is 22.0 Å². The standard InChI is InChI=1S/C17H24N4O2S/c1-3-14-7-4-5-9-21(14)16(22)13(2)24-17-19-18-12-20(17)11-15-8-6-10-23-15/h6,8,10,12-14H,3-5,7,9,11H2,1-2H3. The van der Waals surface area contributed by atoms with Gasteiger partial charge in [-0.15, -0.1) is 10.2 Å². The predicted molar refractivity (Wildman–Crippen MR) is 92.8 cm³/mol. The normalized spacial score (nSPS) is 19.4. The number of rotatable bonds is 6. The van der Waals surface area contributed by atoms with Crippen LogP contribution in [-0.2, 0) is 11.3 Å². The van der Waals surface area contributed by atoms with Gasteiger partial charge in [-0.25, -0.2) is 0 Å². The van der Waals surface area contributed by atoms with Gasteiger partial charge in [0.15, 0.2) is 5.16 Å². The van der Waals surface area contributed by atoms with Gasteiger partial charge in [-0.05, 0) is 44.7 Å². The fraction of sp³-hybridized carbons (Fsp3) is 0.588. The molecular weight excluding hydrogens is 324 g/mol. The molecule has 0 saturated carbocycles. The third-order valence-electron chi connectivity index (χ3n) is 4.50. The highest BCUT2D eigenvalue weighted by molar-refractivity contribution is 8.00. The Morgan fingerprint density at radius 2 is 2.38 bits per heavy atom. The minimum absolute atomic E-state index is 0.170. The number of carbonyl (C=O) groups is 1. The molecule has 1 amide bonds. The SMILES string of the molecule is CCC1CCCCN1C(=O)C(C)Sc1nncn1Cc1ccco1. The third kappa shape index (κ3) is 3.83. The van der Waals surface area contributed by atoms with E-state index in [0.29, 0.717) is 12.6 Å². The maximum Gasteiger partial charge on any atom is 0.236 e. The van der Waals surface area contributed by atoms with E-state index in [1.54, 1.807) is 12.6 Å². The summed E-state index contributed by atoms with van der Waals surface area (Å²) < 4.78 is 7.29. The molecule has 0 aromatic carbocycles. The van der Waals surface area contributed by atoms with Gasteiger partial charge in [-0.3, -0.25) is 4.79 Å². The second kappa shape index (κ2) is 7.88. The number of carbonyl (C=O) groups excluding carboxylic acids is 1. The van der Waals surface area contributed by atoms with E-state index in [0.717, 1.165) is 36.7 Å². The molecule has 0 radical (unpaired) electrons. The summed E-state index contributed by atoms with van der Waals surface area (Å²) in [6.07, 6.45) is 7.80. The Kier molecular flexibility index (Phi) is 5.60. The molecule has 0 N–H and O–H groups in total. The van der Waals surface area contributed by atoms with Crippen LogP contribution >= 0.6 is 11.8 Å². The first-order valence-corrected chi connectivity index (χ1v) is 9.44. The monoisotopic (exact) mass is 348 g/mol. The molecule has 24 heavy (non-hydrogen) atoms. The molecule has 2 unspecified atom stereocenters. The lowest BCUT2D eigenvalue weighted by Gasteiger charge is -2.36. The van der Waals surface area contributed by atoms with Gasteiger partial charge in [0.05, 0.1) is 18.1 Å². The summed E-state index contributed by atoms with van der Waals surface area (Å²) in [5.41, 5.74) is 0. The van der Waals surface area contributed by atoms with E-state index in [1.165, 1.54) is 18.2 Å². The van der Waals surface area contributed by atoms with Crippen LogP contribution in [0.4, 0.5) is 0 Å². The van der Waals surface area contributed by atoms with E-state index in [-0.39, 0.29) is 11.2 Å². The zero-order chi connectivity index (χ0) is 16.9. The number of aromatic nitrogens is 3. The summed E-state index contributed by atoms with van der Waals surface area (Å²) in [5.74, 6) is 1.05. The van der Waals surface area contributed by atoms with Gasteiger partial charge >= 0.3 is 0 Å². The van der Waals surface area contributed by atoms with E-state index < -0.39 is 0 Å². The summed E-state index contributed by atoms with van der Waals surface area (Å²) in [4.78, 5) is 14.9. The Labute approximate surface area is 146 Å². The highest BCUT2D eigenvalue weighted by atomic mass is 32.2. The molecule has 0 spiro atoms. The van der Waals surface area contributed by atoms with Crippen molar-refractivity contribution in [1.29, 1.82) is 0 Å². The first-order valence-electron chi connectivity index (χ1n) is 8.56. The number of hydrogen-bond donors (Lipinski definition) is 0. The molecule has 0 bridgehead atoms. The van der Waals surface area contributed by atoms with Crippen molar-refractivity contribution < 1.29 is 9.21 Å². The van der Waals surface area contributed by atoms with Gasteiger partial charge in [-0.2, -0.15) is 0 Å². The van der Waals surface area contributed by atoms with Crippen LogP contribution in [0.5, 0.6) is 0 Å².